The highest BCUT2D eigenvalue weighted by atomic mass is 19.4. The van der Waals surface area contributed by atoms with E-state index in [9.17, 15) is 18.0 Å². The van der Waals surface area contributed by atoms with E-state index in [-0.39, 0.29) is 11.3 Å². The summed E-state index contributed by atoms with van der Waals surface area (Å²) in [6.45, 7) is 1.77. The number of aromatic nitrogens is 1. The van der Waals surface area contributed by atoms with Crippen molar-refractivity contribution in [3.8, 4) is 5.75 Å². The van der Waals surface area contributed by atoms with Crippen LogP contribution in [0.3, 0.4) is 0 Å². The van der Waals surface area contributed by atoms with Crippen molar-refractivity contribution in [3.63, 3.8) is 0 Å². The molecule has 0 bridgehead atoms. The van der Waals surface area contributed by atoms with Crippen molar-refractivity contribution in [3.05, 3.63) is 70.5 Å². The summed E-state index contributed by atoms with van der Waals surface area (Å²) < 4.78 is 40.7. The average molecular weight is 416 g/mol. The maximum Gasteiger partial charge on any atom is 0.573 e. The highest BCUT2D eigenvalue weighted by Gasteiger charge is 2.31. The lowest BCUT2D eigenvalue weighted by molar-refractivity contribution is -0.274. The molecule has 0 unspecified atom stereocenters. The molecule has 0 amide bonds. The molecule has 2 aromatic carbocycles. The number of rotatable bonds is 5. The fourth-order valence-electron chi connectivity index (χ4n) is 4.14. The van der Waals surface area contributed by atoms with E-state index in [1.807, 2.05) is 24.3 Å². The lowest BCUT2D eigenvalue weighted by atomic mass is 9.90. The lowest BCUT2D eigenvalue weighted by Gasteiger charge is -2.34. The summed E-state index contributed by atoms with van der Waals surface area (Å²) >= 11 is 0. The van der Waals surface area contributed by atoms with E-state index < -0.39 is 6.36 Å². The van der Waals surface area contributed by atoms with Crippen molar-refractivity contribution in [2.75, 3.05) is 18.0 Å². The summed E-state index contributed by atoms with van der Waals surface area (Å²) in [4.78, 5) is 17.2. The molecule has 0 spiro atoms. The number of ether oxygens (including phenoxy) is 1. The maximum atomic E-state index is 12.3. The van der Waals surface area contributed by atoms with Crippen molar-refractivity contribution >= 4 is 16.6 Å². The molecule has 1 N–H and O–H groups in total. The van der Waals surface area contributed by atoms with Crippen LogP contribution in [0.15, 0.2) is 59.4 Å². The van der Waals surface area contributed by atoms with E-state index in [0.717, 1.165) is 60.9 Å². The van der Waals surface area contributed by atoms with Gasteiger partial charge in [-0.1, -0.05) is 30.3 Å². The molecule has 1 fully saturated rings. The van der Waals surface area contributed by atoms with Crippen LogP contribution in [-0.2, 0) is 6.42 Å². The Morgan fingerprint density at radius 2 is 1.73 bits per heavy atom. The summed E-state index contributed by atoms with van der Waals surface area (Å²) in [6, 6.07) is 15.6. The molecule has 7 heteroatoms. The molecule has 3 aromatic rings. The van der Waals surface area contributed by atoms with Gasteiger partial charge >= 0.3 is 6.36 Å². The minimum Gasteiger partial charge on any atom is -0.406 e. The second-order valence-electron chi connectivity index (χ2n) is 7.73. The van der Waals surface area contributed by atoms with E-state index in [1.54, 1.807) is 18.2 Å². The van der Waals surface area contributed by atoms with Gasteiger partial charge < -0.3 is 14.6 Å². The molecular weight excluding hydrogens is 393 g/mol. The van der Waals surface area contributed by atoms with Crippen LogP contribution >= 0.6 is 0 Å². The summed E-state index contributed by atoms with van der Waals surface area (Å²) in [5.74, 6) is 0.366. The van der Waals surface area contributed by atoms with Crippen LogP contribution in [0, 0.1) is 5.92 Å². The Bertz CT molecular complexity index is 1050. The van der Waals surface area contributed by atoms with E-state index in [4.69, 9.17) is 0 Å². The van der Waals surface area contributed by atoms with Gasteiger partial charge in [-0.3, -0.25) is 4.79 Å². The lowest BCUT2D eigenvalue weighted by Crippen LogP contribution is -2.34. The van der Waals surface area contributed by atoms with Gasteiger partial charge in [-0.25, -0.2) is 0 Å². The molecule has 4 nitrogen and oxygen atoms in total. The summed E-state index contributed by atoms with van der Waals surface area (Å²) in [5.41, 5.74) is 2.74. The van der Waals surface area contributed by atoms with Gasteiger partial charge in [-0.2, -0.15) is 0 Å². The molecule has 30 heavy (non-hydrogen) atoms. The number of hydrogen-bond donors (Lipinski definition) is 1. The number of aryl methyl sites for hydroxylation is 1. The highest BCUT2D eigenvalue weighted by Crippen LogP contribution is 2.30. The van der Waals surface area contributed by atoms with Crippen LogP contribution in [0.25, 0.3) is 10.9 Å². The molecule has 1 aromatic heterocycles. The Hall–Kier alpha value is -2.96. The number of benzene rings is 2. The number of halogens is 3. The topological polar surface area (TPSA) is 45.3 Å². The molecule has 1 aliphatic heterocycles. The molecule has 158 valence electrons. The van der Waals surface area contributed by atoms with Gasteiger partial charge in [0.05, 0.1) is 11.2 Å². The molecule has 2 heterocycles. The minimum atomic E-state index is -4.66. The van der Waals surface area contributed by atoms with Gasteiger partial charge in [-0.05, 0) is 55.4 Å². The van der Waals surface area contributed by atoms with Gasteiger partial charge in [0.15, 0.2) is 0 Å². The number of piperidine rings is 1. The standard InChI is InChI=1S/C23H23F3N2O2/c24-23(25,26)30-18-9-7-16(8-10-18)5-6-17-11-13-28(14-12-17)21-15-22(29)27-20-4-2-1-3-19(20)21/h1-4,7-10,15,17H,5-6,11-14H2,(H,27,29). The van der Waals surface area contributed by atoms with Crippen LogP contribution in [0.5, 0.6) is 5.75 Å². The Labute approximate surface area is 172 Å². The number of alkyl halides is 3. The second kappa shape index (κ2) is 8.42. The van der Waals surface area contributed by atoms with Crippen LogP contribution in [0.1, 0.15) is 24.8 Å². The van der Waals surface area contributed by atoms with Gasteiger partial charge in [-0.15, -0.1) is 13.2 Å². The average Bonchev–Trinajstić information content (AvgIpc) is 2.72. The first-order valence-electron chi connectivity index (χ1n) is 10.1. The molecule has 0 radical (unpaired) electrons. The van der Waals surface area contributed by atoms with Gasteiger partial charge in [0, 0.05) is 24.5 Å². The SMILES string of the molecule is O=c1cc(N2CCC(CCc3ccc(OC(F)(F)F)cc3)CC2)c2ccccc2[nH]1. The van der Waals surface area contributed by atoms with Crippen molar-refractivity contribution in [2.24, 2.45) is 5.92 Å². The zero-order valence-electron chi connectivity index (χ0n) is 16.4. The number of anilines is 1. The molecule has 0 aliphatic carbocycles. The first kappa shape index (κ1) is 20.3. The zero-order chi connectivity index (χ0) is 21.1. The number of nitrogens with one attached hydrogen (secondary N) is 1. The monoisotopic (exact) mass is 416 g/mol. The Morgan fingerprint density at radius 3 is 2.43 bits per heavy atom. The number of fused-ring (bicyclic) bond motifs is 1. The van der Waals surface area contributed by atoms with Crippen LogP contribution in [0.4, 0.5) is 18.9 Å². The molecule has 0 atom stereocenters. The fraction of sp³-hybridized carbons (Fsp3) is 0.348. The van der Waals surface area contributed by atoms with Crippen molar-refractivity contribution in [2.45, 2.75) is 32.0 Å². The Morgan fingerprint density at radius 1 is 1.03 bits per heavy atom. The quantitative estimate of drug-likeness (QED) is 0.616. The molecule has 4 rings (SSSR count). The van der Waals surface area contributed by atoms with Crippen LogP contribution in [-0.4, -0.2) is 24.4 Å². The third kappa shape index (κ3) is 4.96. The molecule has 1 saturated heterocycles. The van der Waals surface area contributed by atoms with Crippen molar-refractivity contribution in [1.29, 1.82) is 0 Å². The van der Waals surface area contributed by atoms with Crippen molar-refractivity contribution in [1.82, 2.24) is 4.98 Å². The first-order chi connectivity index (χ1) is 14.4. The molecule has 0 saturated carbocycles. The minimum absolute atomic E-state index is 0.0937. The molecular formula is C23H23F3N2O2. The largest absolute Gasteiger partial charge is 0.573 e. The fourth-order valence-corrected chi connectivity index (χ4v) is 4.14. The first-order valence-corrected chi connectivity index (χ1v) is 10.1. The van der Waals surface area contributed by atoms with E-state index >= 15 is 0 Å². The third-order valence-corrected chi connectivity index (χ3v) is 5.68. The van der Waals surface area contributed by atoms with Gasteiger partial charge in [0.2, 0.25) is 5.56 Å². The van der Waals surface area contributed by atoms with E-state index in [0.29, 0.717) is 5.92 Å². The number of pyridine rings is 1. The van der Waals surface area contributed by atoms with Gasteiger partial charge in [0.1, 0.15) is 5.75 Å². The highest BCUT2D eigenvalue weighted by molar-refractivity contribution is 5.91. The zero-order valence-corrected chi connectivity index (χ0v) is 16.4. The second-order valence-corrected chi connectivity index (χ2v) is 7.73. The smallest absolute Gasteiger partial charge is 0.406 e. The van der Waals surface area contributed by atoms with E-state index in [2.05, 4.69) is 14.6 Å². The number of H-pyrrole nitrogens is 1. The van der Waals surface area contributed by atoms with Crippen LogP contribution in [0.2, 0.25) is 0 Å². The van der Waals surface area contributed by atoms with E-state index in [1.165, 1.54) is 12.1 Å². The third-order valence-electron chi connectivity index (χ3n) is 5.68. The normalized spacial score (nSPS) is 15.5. The van der Waals surface area contributed by atoms with Crippen molar-refractivity contribution < 1.29 is 17.9 Å². The maximum absolute atomic E-state index is 12.3. The summed E-state index contributed by atoms with van der Waals surface area (Å²) in [7, 11) is 0. The molecule has 1 aliphatic rings. The Balaban J connectivity index is 1.33. The van der Waals surface area contributed by atoms with Crippen LogP contribution < -0.4 is 15.2 Å². The Kier molecular flexibility index (Phi) is 5.70. The number of nitrogens with zero attached hydrogens (tertiary/aromatic N) is 1. The summed E-state index contributed by atoms with van der Waals surface area (Å²) in [6.07, 6.45) is -0.800. The predicted molar refractivity (Wildman–Crippen MR) is 111 cm³/mol. The number of para-hydroxylation sites is 1. The number of aromatic amines is 1. The van der Waals surface area contributed by atoms with Gasteiger partial charge in [0.25, 0.3) is 0 Å². The predicted octanol–water partition coefficient (Wildman–Crippen LogP) is 5.28. The summed E-state index contributed by atoms with van der Waals surface area (Å²) in [5, 5.41) is 1.05. The number of hydrogen-bond acceptors (Lipinski definition) is 3.